The number of anilines is 1. The quantitative estimate of drug-likeness (QED) is 0.785. The zero-order chi connectivity index (χ0) is 18.4. The Morgan fingerprint density at radius 2 is 1.80 bits per heavy atom. The molecule has 0 radical (unpaired) electrons. The van der Waals surface area contributed by atoms with Gasteiger partial charge in [-0.1, -0.05) is 25.1 Å². The average molecular weight is 348 g/mol. The first-order valence-corrected chi connectivity index (χ1v) is 8.35. The Morgan fingerprint density at radius 1 is 1.20 bits per heavy atom. The van der Waals surface area contributed by atoms with Gasteiger partial charge in [0.2, 0.25) is 5.91 Å². The molecule has 0 spiro atoms. The largest absolute Gasteiger partial charge is 0.480 e. The number of para-hydroxylation sites is 1. The van der Waals surface area contributed by atoms with Crippen molar-refractivity contribution in [3.63, 3.8) is 0 Å². The number of carbonyl (C=O) groups is 3. The van der Waals surface area contributed by atoms with E-state index in [0.29, 0.717) is 31.6 Å². The minimum atomic E-state index is -1.11. The van der Waals surface area contributed by atoms with Crippen molar-refractivity contribution in [1.29, 1.82) is 0 Å². The predicted octanol–water partition coefficient (Wildman–Crippen LogP) is 1.52. The minimum absolute atomic E-state index is 0.0791. The molecule has 0 saturated carbocycles. The van der Waals surface area contributed by atoms with Crippen LogP contribution >= 0.6 is 0 Å². The van der Waals surface area contributed by atoms with Crippen LogP contribution in [0, 0.1) is 0 Å². The maximum absolute atomic E-state index is 12.7. The Bertz CT molecular complexity index is 624. The molecule has 1 amide bonds. The maximum Gasteiger partial charge on any atom is 0.332 e. The molecule has 0 atom stereocenters. The summed E-state index contributed by atoms with van der Waals surface area (Å²) < 4.78 is 5.04. The number of likely N-dealkylation sites (tertiary alicyclic amines) is 1. The normalized spacial score (nSPS) is 16.9. The summed E-state index contributed by atoms with van der Waals surface area (Å²) in [4.78, 5) is 39.6. The van der Waals surface area contributed by atoms with Gasteiger partial charge in [0, 0.05) is 25.2 Å². The van der Waals surface area contributed by atoms with E-state index in [1.54, 1.807) is 24.0 Å². The molecule has 1 aromatic rings. The van der Waals surface area contributed by atoms with Crippen molar-refractivity contribution in [1.82, 2.24) is 4.90 Å². The highest BCUT2D eigenvalue weighted by molar-refractivity contribution is 6.02. The number of hydrogen-bond donors (Lipinski definition) is 1. The van der Waals surface area contributed by atoms with E-state index in [4.69, 9.17) is 9.84 Å². The van der Waals surface area contributed by atoms with Gasteiger partial charge in [0.15, 0.2) is 0 Å². The maximum atomic E-state index is 12.7. The Hall–Kier alpha value is -2.41. The lowest BCUT2D eigenvalue weighted by molar-refractivity contribution is -0.151. The molecule has 1 heterocycles. The van der Waals surface area contributed by atoms with Crippen molar-refractivity contribution < 1.29 is 24.2 Å². The number of nitrogens with zero attached hydrogens (tertiary/aromatic N) is 2. The van der Waals surface area contributed by atoms with Gasteiger partial charge in [-0.15, -0.1) is 0 Å². The molecule has 136 valence electrons. The lowest BCUT2D eigenvalue weighted by atomic mass is 9.84. The topological polar surface area (TPSA) is 87.2 Å². The summed E-state index contributed by atoms with van der Waals surface area (Å²) in [6.45, 7) is 2.48. The molecule has 0 aliphatic carbocycles. The highest BCUT2D eigenvalue weighted by Gasteiger charge is 2.49. The fourth-order valence-electron chi connectivity index (χ4n) is 3.35. The number of aliphatic carboxylic acids is 1. The van der Waals surface area contributed by atoms with Crippen molar-refractivity contribution in [3.05, 3.63) is 30.3 Å². The summed E-state index contributed by atoms with van der Waals surface area (Å²) in [7, 11) is 1.31. The van der Waals surface area contributed by atoms with Crippen molar-refractivity contribution in [2.45, 2.75) is 31.7 Å². The van der Waals surface area contributed by atoms with E-state index in [1.165, 1.54) is 12.0 Å². The number of carboxylic acid groups (broad SMARTS) is 1. The van der Waals surface area contributed by atoms with Gasteiger partial charge < -0.3 is 9.84 Å². The number of hydrogen-bond acceptors (Lipinski definition) is 5. The first-order chi connectivity index (χ1) is 11.9. The number of benzene rings is 1. The van der Waals surface area contributed by atoms with E-state index < -0.39 is 17.5 Å². The number of amides is 1. The summed E-state index contributed by atoms with van der Waals surface area (Å²) in [6, 6.07) is 9.06. The molecule has 25 heavy (non-hydrogen) atoms. The number of ether oxygens (including phenoxy) is 1. The summed E-state index contributed by atoms with van der Waals surface area (Å²) in [5.41, 5.74) is -0.468. The second-order valence-electron chi connectivity index (χ2n) is 6.11. The molecular formula is C18H24N2O5. The van der Waals surface area contributed by atoms with Crippen LogP contribution in [0.5, 0.6) is 0 Å². The highest BCUT2D eigenvalue weighted by atomic mass is 16.5. The van der Waals surface area contributed by atoms with Gasteiger partial charge in [-0.25, -0.2) is 4.79 Å². The van der Waals surface area contributed by atoms with Crippen LogP contribution < -0.4 is 4.90 Å². The minimum Gasteiger partial charge on any atom is -0.480 e. The Morgan fingerprint density at radius 3 is 2.28 bits per heavy atom. The van der Waals surface area contributed by atoms with E-state index in [-0.39, 0.29) is 18.9 Å². The first-order valence-electron chi connectivity index (χ1n) is 8.35. The number of piperidine rings is 1. The van der Waals surface area contributed by atoms with E-state index in [2.05, 4.69) is 0 Å². The van der Waals surface area contributed by atoms with Gasteiger partial charge >= 0.3 is 11.9 Å². The van der Waals surface area contributed by atoms with E-state index in [1.807, 2.05) is 18.2 Å². The molecule has 7 heteroatoms. The number of esters is 1. The monoisotopic (exact) mass is 348 g/mol. The summed E-state index contributed by atoms with van der Waals surface area (Å²) in [5.74, 6) is -1.54. The average Bonchev–Trinajstić information content (AvgIpc) is 2.63. The van der Waals surface area contributed by atoms with Gasteiger partial charge in [-0.3, -0.25) is 19.4 Å². The van der Waals surface area contributed by atoms with Gasteiger partial charge in [-0.2, -0.15) is 0 Å². The van der Waals surface area contributed by atoms with Crippen LogP contribution in [0.4, 0.5) is 5.69 Å². The molecule has 1 N–H and O–H groups in total. The predicted molar refractivity (Wildman–Crippen MR) is 92.3 cm³/mol. The third-order valence-electron chi connectivity index (χ3n) is 4.60. The zero-order valence-electron chi connectivity index (χ0n) is 14.6. The molecule has 0 bridgehead atoms. The van der Waals surface area contributed by atoms with Crippen LogP contribution in [0.1, 0.15) is 26.2 Å². The fourth-order valence-corrected chi connectivity index (χ4v) is 3.35. The summed E-state index contributed by atoms with van der Waals surface area (Å²) in [5, 5.41) is 8.97. The van der Waals surface area contributed by atoms with Gasteiger partial charge in [0.1, 0.15) is 5.54 Å². The third kappa shape index (κ3) is 3.99. The van der Waals surface area contributed by atoms with Crippen LogP contribution in [-0.2, 0) is 19.1 Å². The molecular weight excluding hydrogens is 324 g/mol. The summed E-state index contributed by atoms with van der Waals surface area (Å²) in [6.07, 6.45) is 0.910. The fraction of sp³-hybridized carbons (Fsp3) is 0.500. The molecule has 1 fully saturated rings. The number of rotatable bonds is 6. The highest BCUT2D eigenvalue weighted by Crippen LogP contribution is 2.35. The molecule has 0 unspecified atom stereocenters. The molecule has 0 aromatic heterocycles. The van der Waals surface area contributed by atoms with Crippen molar-refractivity contribution in [2.75, 3.05) is 31.6 Å². The number of carbonyl (C=O) groups excluding carboxylic acids is 2. The second-order valence-corrected chi connectivity index (χ2v) is 6.11. The van der Waals surface area contributed by atoms with Crippen molar-refractivity contribution in [2.24, 2.45) is 0 Å². The standard InChI is InChI=1S/C18H24N2O5/c1-3-15(21)20(14-7-5-4-6-8-14)18(17(24)25-2)9-11-19(12-10-18)13-16(22)23/h4-8H,3,9-13H2,1-2H3,(H,22,23). The van der Waals surface area contributed by atoms with E-state index in [9.17, 15) is 14.4 Å². The Kier molecular flexibility index (Phi) is 6.14. The number of methoxy groups -OCH3 is 1. The van der Waals surface area contributed by atoms with Crippen molar-refractivity contribution in [3.8, 4) is 0 Å². The molecule has 2 rings (SSSR count). The smallest absolute Gasteiger partial charge is 0.332 e. The Labute approximate surface area is 147 Å². The van der Waals surface area contributed by atoms with Crippen LogP contribution in [0.3, 0.4) is 0 Å². The third-order valence-corrected chi connectivity index (χ3v) is 4.60. The Balaban J connectivity index is 2.39. The number of carboxylic acids is 1. The SMILES string of the molecule is CCC(=O)N(c1ccccc1)C1(C(=O)OC)CCN(CC(=O)O)CC1. The summed E-state index contributed by atoms with van der Waals surface area (Å²) >= 11 is 0. The zero-order valence-corrected chi connectivity index (χ0v) is 14.6. The van der Waals surface area contributed by atoms with Gasteiger partial charge in [0.25, 0.3) is 0 Å². The molecule has 1 aromatic carbocycles. The molecule has 1 aliphatic rings. The second kappa shape index (κ2) is 8.11. The first kappa shape index (κ1) is 18.9. The van der Waals surface area contributed by atoms with Crippen molar-refractivity contribution >= 4 is 23.5 Å². The van der Waals surface area contributed by atoms with Crippen LogP contribution in [-0.4, -0.2) is 60.1 Å². The van der Waals surface area contributed by atoms with Gasteiger partial charge in [0.05, 0.1) is 13.7 Å². The van der Waals surface area contributed by atoms with E-state index >= 15 is 0 Å². The lowest BCUT2D eigenvalue weighted by Crippen LogP contribution is -2.63. The lowest BCUT2D eigenvalue weighted by Gasteiger charge is -2.46. The molecule has 1 saturated heterocycles. The van der Waals surface area contributed by atoms with Crippen LogP contribution in [0.2, 0.25) is 0 Å². The molecule has 7 nitrogen and oxygen atoms in total. The molecule has 1 aliphatic heterocycles. The van der Waals surface area contributed by atoms with Crippen LogP contribution in [0.15, 0.2) is 30.3 Å². The van der Waals surface area contributed by atoms with Gasteiger partial charge in [-0.05, 0) is 25.0 Å². The van der Waals surface area contributed by atoms with E-state index in [0.717, 1.165) is 0 Å². The van der Waals surface area contributed by atoms with Crippen LogP contribution in [0.25, 0.3) is 0 Å².